The van der Waals surface area contributed by atoms with Gasteiger partial charge in [-0.3, -0.25) is 4.90 Å². The van der Waals surface area contributed by atoms with Gasteiger partial charge in [0.15, 0.2) is 0 Å². The Bertz CT molecular complexity index is 451. The van der Waals surface area contributed by atoms with Crippen molar-refractivity contribution in [2.45, 2.75) is 38.1 Å². The summed E-state index contributed by atoms with van der Waals surface area (Å²) in [6.07, 6.45) is 12.2. The highest BCUT2D eigenvalue weighted by Gasteiger charge is 2.34. The van der Waals surface area contributed by atoms with E-state index < -0.39 is 0 Å². The SMILES string of the molecule is C#CCN1CCc2ccccc2C1C1CCCC1. The first-order valence-corrected chi connectivity index (χ1v) is 7.15. The van der Waals surface area contributed by atoms with Gasteiger partial charge in [-0.25, -0.2) is 0 Å². The maximum absolute atomic E-state index is 5.55. The van der Waals surface area contributed by atoms with E-state index >= 15 is 0 Å². The van der Waals surface area contributed by atoms with Gasteiger partial charge in [-0.15, -0.1) is 6.42 Å². The van der Waals surface area contributed by atoms with Crippen molar-refractivity contribution in [1.29, 1.82) is 0 Å². The Balaban J connectivity index is 1.95. The van der Waals surface area contributed by atoms with Gasteiger partial charge in [0, 0.05) is 12.6 Å². The molecule has 1 saturated carbocycles. The fourth-order valence-corrected chi connectivity index (χ4v) is 3.77. The van der Waals surface area contributed by atoms with Crippen molar-refractivity contribution in [2.24, 2.45) is 5.92 Å². The van der Waals surface area contributed by atoms with E-state index in [1.54, 1.807) is 11.1 Å². The fraction of sp³-hybridized carbons (Fsp3) is 0.529. The molecule has 0 amide bonds. The lowest BCUT2D eigenvalue weighted by Crippen LogP contribution is -2.39. The van der Waals surface area contributed by atoms with E-state index in [4.69, 9.17) is 6.42 Å². The van der Waals surface area contributed by atoms with Gasteiger partial charge < -0.3 is 0 Å². The molecule has 1 aliphatic carbocycles. The molecule has 18 heavy (non-hydrogen) atoms. The molecule has 2 aliphatic rings. The smallest absolute Gasteiger partial charge is 0.0604 e. The summed E-state index contributed by atoms with van der Waals surface area (Å²) in [4.78, 5) is 2.53. The second-order valence-electron chi connectivity index (χ2n) is 5.61. The van der Waals surface area contributed by atoms with Crippen LogP contribution in [-0.2, 0) is 6.42 Å². The van der Waals surface area contributed by atoms with Crippen LogP contribution in [0.3, 0.4) is 0 Å². The zero-order valence-electron chi connectivity index (χ0n) is 10.9. The van der Waals surface area contributed by atoms with Gasteiger partial charge in [-0.1, -0.05) is 43.0 Å². The fourth-order valence-electron chi connectivity index (χ4n) is 3.77. The first kappa shape index (κ1) is 11.8. The molecule has 0 spiro atoms. The average Bonchev–Trinajstić information content (AvgIpc) is 2.92. The molecule has 1 unspecified atom stereocenters. The van der Waals surface area contributed by atoms with Crippen LogP contribution >= 0.6 is 0 Å². The summed E-state index contributed by atoms with van der Waals surface area (Å²) in [7, 11) is 0. The van der Waals surface area contributed by atoms with Gasteiger partial charge in [0.2, 0.25) is 0 Å². The molecule has 1 atom stereocenters. The summed E-state index contributed by atoms with van der Waals surface area (Å²) in [6.45, 7) is 1.93. The van der Waals surface area contributed by atoms with Gasteiger partial charge in [0.1, 0.15) is 0 Å². The Hall–Kier alpha value is -1.26. The van der Waals surface area contributed by atoms with Crippen LogP contribution in [0.4, 0.5) is 0 Å². The molecule has 0 saturated heterocycles. The molecule has 1 fully saturated rings. The van der Waals surface area contributed by atoms with Crippen LogP contribution in [0.25, 0.3) is 0 Å². The lowest BCUT2D eigenvalue weighted by molar-refractivity contribution is 0.149. The van der Waals surface area contributed by atoms with Crippen LogP contribution < -0.4 is 0 Å². The maximum Gasteiger partial charge on any atom is 0.0604 e. The van der Waals surface area contributed by atoms with Crippen molar-refractivity contribution in [3.63, 3.8) is 0 Å². The van der Waals surface area contributed by atoms with Crippen LogP contribution in [0.5, 0.6) is 0 Å². The third-order valence-corrected chi connectivity index (χ3v) is 4.58. The number of fused-ring (bicyclic) bond motifs is 1. The number of hydrogen-bond donors (Lipinski definition) is 0. The molecular formula is C17H21N. The van der Waals surface area contributed by atoms with E-state index in [0.29, 0.717) is 6.04 Å². The molecule has 1 heterocycles. The topological polar surface area (TPSA) is 3.24 Å². The molecule has 0 aromatic heterocycles. The summed E-state index contributed by atoms with van der Waals surface area (Å²) in [5.41, 5.74) is 3.09. The minimum atomic E-state index is 0.577. The molecule has 1 aliphatic heterocycles. The van der Waals surface area contributed by atoms with E-state index in [1.165, 1.54) is 25.7 Å². The first-order valence-electron chi connectivity index (χ1n) is 7.15. The third-order valence-electron chi connectivity index (χ3n) is 4.58. The van der Waals surface area contributed by atoms with Gasteiger partial charge in [0.25, 0.3) is 0 Å². The number of rotatable bonds is 2. The lowest BCUT2D eigenvalue weighted by atomic mass is 9.84. The molecule has 94 valence electrons. The minimum absolute atomic E-state index is 0.577. The third kappa shape index (κ3) is 2.06. The second-order valence-corrected chi connectivity index (χ2v) is 5.61. The predicted molar refractivity (Wildman–Crippen MR) is 75.3 cm³/mol. The molecule has 1 aromatic carbocycles. The number of terminal acetylenes is 1. The zero-order valence-corrected chi connectivity index (χ0v) is 10.9. The number of benzene rings is 1. The first-order chi connectivity index (χ1) is 8.90. The molecule has 1 heteroatoms. The van der Waals surface area contributed by atoms with E-state index in [0.717, 1.165) is 25.4 Å². The lowest BCUT2D eigenvalue weighted by Gasteiger charge is -2.39. The number of hydrogen-bond acceptors (Lipinski definition) is 1. The predicted octanol–water partition coefficient (Wildman–Crippen LogP) is 3.41. The van der Waals surface area contributed by atoms with Crippen molar-refractivity contribution in [3.8, 4) is 12.3 Å². The second kappa shape index (κ2) is 5.16. The van der Waals surface area contributed by atoms with Crippen LogP contribution in [0.2, 0.25) is 0 Å². The van der Waals surface area contributed by atoms with Crippen LogP contribution in [0, 0.1) is 18.3 Å². The van der Waals surface area contributed by atoms with Gasteiger partial charge in [0.05, 0.1) is 6.54 Å². The molecule has 3 rings (SSSR count). The molecule has 0 N–H and O–H groups in total. The average molecular weight is 239 g/mol. The minimum Gasteiger partial charge on any atom is -0.285 e. The van der Waals surface area contributed by atoms with Crippen molar-refractivity contribution in [2.75, 3.05) is 13.1 Å². The Kier molecular flexibility index (Phi) is 3.39. The monoisotopic (exact) mass is 239 g/mol. The van der Waals surface area contributed by atoms with Gasteiger partial charge in [-0.05, 0) is 36.3 Å². The Morgan fingerprint density at radius 1 is 1.22 bits per heavy atom. The van der Waals surface area contributed by atoms with E-state index in [9.17, 15) is 0 Å². The van der Waals surface area contributed by atoms with E-state index in [2.05, 4.69) is 35.1 Å². The zero-order chi connectivity index (χ0) is 12.4. The normalized spacial score (nSPS) is 24.7. The van der Waals surface area contributed by atoms with Crippen LogP contribution in [-0.4, -0.2) is 18.0 Å². The van der Waals surface area contributed by atoms with Gasteiger partial charge >= 0.3 is 0 Å². The summed E-state index contributed by atoms with van der Waals surface area (Å²) < 4.78 is 0. The Labute approximate surface area is 110 Å². The Morgan fingerprint density at radius 3 is 2.78 bits per heavy atom. The molecule has 0 bridgehead atoms. The highest BCUT2D eigenvalue weighted by Crippen LogP contribution is 2.42. The summed E-state index contributed by atoms with van der Waals surface area (Å²) in [5.74, 6) is 3.67. The largest absolute Gasteiger partial charge is 0.285 e. The molecule has 1 nitrogen and oxygen atoms in total. The number of nitrogens with zero attached hydrogens (tertiary/aromatic N) is 1. The summed E-state index contributed by atoms with van der Waals surface area (Å²) in [6, 6.07) is 9.54. The van der Waals surface area contributed by atoms with E-state index in [1.807, 2.05) is 0 Å². The Morgan fingerprint density at radius 2 is 2.00 bits per heavy atom. The molecule has 1 aromatic rings. The van der Waals surface area contributed by atoms with Crippen molar-refractivity contribution < 1.29 is 0 Å². The molecule has 0 radical (unpaired) electrons. The maximum atomic E-state index is 5.55. The quantitative estimate of drug-likeness (QED) is 0.715. The van der Waals surface area contributed by atoms with Crippen molar-refractivity contribution in [3.05, 3.63) is 35.4 Å². The summed E-state index contributed by atoms with van der Waals surface area (Å²) in [5, 5.41) is 0. The van der Waals surface area contributed by atoms with E-state index in [-0.39, 0.29) is 0 Å². The summed E-state index contributed by atoms with van der Waals surface area (Å²) >= 11 is 0. The standard InChI is InChI=1S/C17H21N/c1-2-12-18-13-11-14-7-5-6-10-16(14)17(18)15-8-3-4-9-15/h1,5-7,10,15,17H,3-4,8-9,11-13H2. The highest BCUT2D eigenvalue weighted by atomic mass is 15.2. The molecular weight excluding hydrogens is 218 g/mol. The van der Waals surface area contributed by atoms with Gasteiger partial charge in [-0.2, -0.15) is 0 Å². The van der Waals surface area contributed by atoms with Crippen LogP contribution in [0.15, 0.2) is 24.3 Å². The van der Waals surface area contributed by atoms with Crippen LogP contribution in [0.1, 0.15) is 42.9 Å². The van der Waals surface area contributed by atoms with Crippen molar-refractivity contribution in [1.82, 2.24) is 4.90 Å². The van der Waals surface area contributed by atoms with Crippen molar-refractivity contribution >= 4 is 0 Å². The highest BCUT2D eigenvalue weighted by molar-refractivity contribution is 5.33.